The largest absolute Gasteiger partial charge is 0.180 e. The van der Waals surface area contributed by atoms with E-state index >= 15 is 0 Å². The SMILES string of the molecule is CCCCCCCCCCCCCCCCCC([SiH3])S. The average molecular weight is 317 g/mol. The quantitative estimate of drug-likeness (QED) is 0.205. The minimum Gasteiger partial charge on any atom is -0.180 e. The van der Waals surface area contributed by atoms with Crippen LogP contribution in [0, 0.1) is 0 Å². The Morgan fingerprint density at radius 1 is 0.600 bits per heavy atom. The molecule has 1 unspecified atom stereocenters. The van der Waals surface area contributed by atoms with Crippen LogP contribution in [0.5, 0.6) is 0 Å². The maximum absolute atomic E-state index is 4.48. The van der Waals surface area contributed by atoms with Gasteiger partial charge in [-0.2, -0.15) is 12.6 Å². The van der Waals surface area contributed by atoms with Crippen molar-refractivity contribution in [3.8, 4) is 0 Å². The Bertz CT molecular complexity index is 171. The van der Waals surface area contributed by atoms with Gasteiger partial charge in [-0.05, 0) is 11.3 Å². The molecule has 0 heterocycles. The highest BCUT2D eigenvalue weighted by atomic mass is 32.1. The Morgan fingerprint density at radius 3 is 1.20 bits per heavy atom. The molecule has 0 aromatic rings. The second kappa shape index (κ2) is 17.6. The third kappa shape index (κ3) is 18.6. The smallest absolute Gasteiger partial charge is 0.0189 e. The van der Waals surface area contributed by atoms with E-state index in [2.05, 4.69) is 19.6 Å². The van der Waals surface area contributed by atoms with Crippen molar-refractivity contribution < 1.29 is 0 Å². The highest BCUT2D eigenvalue weighted by Crippen LogP contribution is 2.14. The van der Waals surface area contributed by atoms with Gasteiger partial charge in [0.25, 0.3) is 0 Å². The van der Waals surface area contributed by atoms with Crippen LogP contribution in [0.3, 0.4) is 0 Å². The van der Waals surface area contributed by atoms with Crippen molar-refractivity contribution in [2.24, 2.45) is 0 Å². The molecular weight excluding hydrogens is 276 g/mol. The third-order valence-electron chi connectivity index (χ3n) is 4.23. The van der Waals surface area contributed by atoms with Crippen molar-refractivity contribution in [1.29, 1.82) is 0 Å². The summed E-state index contributed by atoms with van der Waals surface area (Å²) < 4.78 is 0. The van der Waals surface area contributed by atoms with Crippen LogP contribution in [0.15, 0.2) is 0 Å². The van der Waals surface area contributed by atoms with E-state index in [4.69, 9.17) is 0 Å². The maximum atomic E-state index is 4.48. The van der Waals surface area contributed by atoms with E-state index in [0.717, 1.165) is 4.87 Å². The van der Waals surface area contributed by atoms with Crippen LogP contribution in [0.25, 0.3) is 0 Å². The van der Waals surface area contributed by atoms with Crippen molar-refractivity contribution in [3.05, 3.63) is 0 Å². The van der Waals surface area contributed by atoms with Crippen molar-refractivity contribution in [3.63, 3.8) is 0 Å². The lowest BCUT2D eigenvalue weighted by molar-refractivity contribution is 0.531. The number of unbranched alkanes of at least 4 members (excludes halogenated alkanes) is 14. The fraction of sp³-hybridized carbons (Fsp3) is 1.00. The monoisotopic (exact) mass is 316 g/mol. The normalized spacial score (nSPS) is 12.9. The number of hydrogen-bond donors (Lipinski definition) is 1. The zero-order valence-corrected chi connectivity index (χ0v) is 17.2. The Labute approximate surface area is 137 Å². The predicted molar refractivity (Wildman–Crippen MR) is 102 cm³/mol. The summed E-state index contributed by atoms with van der Waals surface area (Å²) >= 11 is 4.48. The van der Waals surface area contributed by atoms with Gasteiger partial charge in [0.2, 0.25) is 0 Å². The maximum Gasteiger partial charge on any atom is 0.0189 e. The highest BCUT2D eigenvalue weighted by Gasteiger charge is 1.96. The van der Waals surface area contributed by atoms with E-state index in [1.807, 2.05) is 0 Å². The van der Waals surface area contributed by atoms with Gasteiger partial charge in [0.05, 0.1) is 0 Å². The van der Waals surface area contributed by atoms with Gasteiger partial charge < -0.3 is 0 Å². The van der Waals surface area contributed by atoms with Crippen LogP contribution in [-0.4, -0.2) is 15.1 Å². The minimum absolute atomic E-state index is 0.733. The van der Waals surface area contributed by atoms with Crippen LogP contribution < -0.4 is 0 Å². The molecule has 0 saturated heterocycles. The fourth-order valence-electron chi connectivity index (χ4n) is 2.81. The standard InChI is InChI=1S/C18H40SSi/c1-2-3-4-5-6-7-8-9-10-11-12-13-14-15-16-17-18(19)20/h18-19H,2-17H2,1,20H3. The second-order valence-electron chi connectivity index (χ2n) is 6.59. The first-order valence-corrected chi connectivity index (χ1v) is 11.1. The topological polar surface area (TPSA) is 0 Å². The molecule has 20 heavy (non-hydrogen) atoms. The van der Waals surface area contributed by atoms with Crippen molar-refractivity contribution in [2.45, 2.75) is 115 Å². The number of rotatable bonds is 16. The first-order chi connectivity index (χ1) is 9.77. The molecule has 0 aromatic heterocycles. The molecule has 0 nitrogen and oxygen atoms in total. The molecule has 0 aliphatic heterocycles. The van der Waals surface area contributed by atoms with Crippen molar-refractivity contribution >= 4 is 22.9 Å². The molecule has 122 valence electrons. The van der Waals surface area contributed by atoms with E-state index in [1.54, 1.807) is 0 Å². The van der Waals surface area contributed by atoms with E-state index in [-0.39, 0.29) is 0 Å². The Morgan fingerprint density at radius 2 is 0.900 bits per heavy atom. The van der Waals surface area contributed by atoms with Gasteiger partial charge in [0.1, 0.15) is 0 Å². The molecule has 0 saturated carbocycles. The van der Waals surface area contributed by atoms with Gasteiger partial charge in [-0.1, -0.05) is 103 Å². The summed E-state index contributed by atoms with van der Waals surface area (Å²) in [5, 5.41) is 0. The summed E-state index contributed by atoms with van der Waals surface area (Å²) in [7, 11) is 1.25. The molecule has 2 heteroatoms. The van der Waals surface area contributed by atoms with Crippen LogP contribution in [-0.2, 0) is 0 Å². The highest BCUT2D eigenvalue weighted by molar-refractivity contribution is 7.82. The van der Waals surface area contributed by atoms with Crippen LogP contribution in [0.2, 0.25) is 0 Å². The summed E-state index contributed by atoms with van der Waals surface area (Å²) in [6.07, 6.45) is 23.2. The van der Waals surface area contributed by atoms with Gasteiger partial charge >= 0.3 is 0 Å². The molecule has 0 N–H and O–H groups in total. The van der Waals surface area contributed by atoms with Crippen molar-refractivity contribution in [2.75, 3.05) is 0 Å². The lowest BCUT2D eigenvalue weighted by atomic mass is 10.0. The van der Waals surface area contributed by atoms with E-state index in [0.29, 0.717) is 0 Å². The average Bonchev–Trinajstić information content (AvgIpc) is 2.43. The number of thiol groups is 1. The molecule has 0 radical (unpaired) electrons. The summed E-state index contributed by atoms with van der Waals surface area (Å²) in [4.78, 5) is 0.733. The van der Waals surface area contributed by atoms with Crippen LogP contribution in [0.1, 0.15) is 110 Å². The molecular formula is C18H40SSi. The molecule has 0 aliphatic rings. The van der Waals surface area contributed by atoms with Crippen molar-refractivity contribution in [1.82, 2.24) is 0 Å². The lowest BCUT2D eigenvalue weighted by Crippen LogP contribution is -1.95. The van der Waals surface area contributed by atoms with Gasteiger partial charge in [-0.3, -0.25) is 0 Å². The lowest BCUT2D eigenvalue weighted by Gasteiger charge is -2.04. The van der Waals surface area contributed by atoms with Gasteiger partial charge in [0, 0.05) is 10.2 Å². The van der Waals surface area contributed by atoms with Gasteiger partial charge in [-0.25, -0.2) is 0 Å². The number of hydrogen-bond acceptors (Lipinski definition) is 1. The molecule has 0 aromatic carbocycles. The predicted octanol–water partition coefficient (Wildman–Crippen LogP) is 5.87. The Balaban J connectivity index is 2.92. The molecule has 0 bridgehead atoms. The van der Waals surface area contributed by atoms with Gasteiger partial charge in [0.15, 0.2) is 0 Å². The zero-order chi connectivity index (χ0) is 14.9. The minimum atomic E-state index is 0.733. The van der Waals surface area contributed by atoms with E-state index in [1.165, 1.54) is 113 Å². The molecule has 1 atom stereocenters. The van der Waals surface area contributed by atoms with Crippen LogP contribution in [0.4, 0.5) is 0 Å². The fourth-order valence-corrected chi connectivity index (χ4v) is 3.40. The third-order valence-corrected chi connectivity index (χ3v) is 5.06. The first kappa shape index (κ1) is 20.6. The summed E-state index contributed by atoms with van der Waals surface area (Å²) in [5.41, 5.74) is 0. The van der Waals surface area contributed by atoms with E-state index < -0.39 is 0 Å². The Kier molecular flexibility index (Phi) is 18.1. The molecule has 0 amide bonds. The first-order valence-electron chi connectivity index (χ1n) is 9.45. The molecule has 0 aliphatic carbocycles. The van der Waals surface area contributed by atoms with Gasteiger partial charge in [-0.15, -0.1) is 0 Å². The molecule has 0 spiro atoms. The van der Waals surface area contributed by atoms with Crippen LogP contribution >= 0.6 is 12.6 Å². The molecule has 0 fully saturated rings. The van der Waals surface area contributed by atoms with E-state index in [9.17, 15) is 0 Å². The second-order valence-corrected chi connectivity index (χ2v) is 9.83. The summed E-state index contributed by atoms with van der Waals surface area (Å²) in [6, 6.07) is 0. The Hall–Kier alpha value is 0.567. The molecule has 0 rings (SSSR count). The summed E-state index contributed by atoms with van der Waals surface area (Å²) in [6.45, 7) is 2.29. The summed E-state index contributed by atoms with van der Waals surface area (Å²) in [5.74, 6) is 0. The zero-order valence-electron chi connectivity index (χ0n) is 14.3.